The van der Waals surface area contributed by atoms with Crippen molar-refractivity contribution in [1.29, 1.82) is 0 Å². The molecular weight excluding hydrogens is 463 g/mol. The zero-order chi connectivity index (χ0) is 22.7. The van der Waals surface area contributed by atoms with Crippen LogP contribution in [-0.2, 0) is 16.4 Å². The molecular formula is C25H20Cl2N2O2S. The molecule has 0 unspecified atom stereocenters. The van der Waals surface area contributed by atoms with Crippen LogP contribution in [-0.4, -0.2) is 13.4 Å². The molecule has 0 aliphatic rings. The average Bonchev–Trinajstić information content (AvgIpc) is 2.79. The van der Waals surface area contributed by atoms with Crippen LogP contribution in [0.25, 0.3) is 11.3 Å². The second-order valence-electron chi connectivity index (χ2n) is 7.27. The molecule has 0 aliphatic heterocycles. The van der Waals surface area contributed by atoms with E-state index in [1.54, 1.807) is 31.2 Å². The van der Waals surface area contributed by atoms with Gasteiger partial charge in [0.25, 0.3) is 0 Å². The second-order valence-corrected chi connectivity index (χ2v) is 10.0. The fourth-order valence-electron chi connectivity index (χ4n) is 3.43. The summed E-state index contributed by atoms with van der Waals surface area (Å²) in [5.41, 5.74) is 3.01. The highest BCUT2D eigenvalue weighted by Crippen LogP contribution is 2.33. The molecule has 0 fully saturated rings. The van der Waals surface area contributed by atoms with Crippen LogP contribution >= 0.6 is 23.2 Å². The molecule has 0 radical (unpaired) electrons. The first-order valence-electron chi connectivity index (χ1n) is 9.91. The van der Waals surface area contributed by atoms with E-state index in [0.29, 0.717) is 27.8 Å². The van der Waals surface area contributed by atoms with Crippen molar-refractivity contribution in [1.82, 2.24) is 4.98 Å². The Hall–Kier alpha value is -2.86. The molecule has 0 amide bonds. The third-order valence-electron chi connectivity index (χ3n) is 5.03. The fraction of sp³-hybridized carbons (Fsp3) is 0.0800. The number of hydrogen-bond donors (Lipinski definition) is 1. The molecule has 4 rings (SSSR count). The third-order valence-corrected chi connectivity index (χ3v) is 7.59. The van der Waals surface area contributed by atoms with E-state index in [1.807, 2.05) is 48.5 Å². The minimum absolute atomic E-state index is 0.131. The molecule has 7 heteroatoms. The average molecular weight is 483 g/mol. The molecule has 1 N–H and O–H groups in total. The van der Waals surface area contributed by atoms with Gasteiger partial charge in [-0.3, -0.25) is 0 Å². The van der Waals surface area contributed by atoms with Crippen molar-refractivity contribution in [3.63, 3.8) is 0 Å². The molecule has 4 nitrogen and oxygen atoms in total. The van der Waals surface area contributed by atoms with Gasteiger partial charge in [0.15, 0.2) is 0 Å². The maximum atomic E-state index is 13.6. The smallest absolute Gasteiger partial charge is 0.210 e. The van der Waals surface area contributed by atoms with E-state index in [2.05, 4.69) is 5.32 Å². The SMILES string of the molecule is Cc1cc(-c2ccccc2)nc(NCc2ccccc2Cl)c1S(=O)(=O)c1ccc(Cl)cc1. The van der Waals surface area contributed by atoms with Crippen molar-refractivity contribution in [2.45, 2.75) is 23.3 Å². The lowest BCUT2D eigenvalue weighted by Gasteiger charge is -2.17. The Kier molecular flexibility index (Phi) is 6.51. The number of aryl methyl sites for hydroxylation is 1. The van der Waals surface area contributed by atoms with Crippen molar-refractivity contribution in [2.75, 3.05) is 5.32 Å². The summed E-state index contributed by atoms with van der Waals surface area (Å²) in [6.45, 7) is 2.10. The Morgan fingerprint density at radius 1 is 0.875 bits per heavy atom. The topological polar surface area (TPSA) is 59.1 Å². The van der Waals surface area contributed by atoms with Crippen LogP contribution in [0.5, 0.6) is 0 Å². The van der Waals surface area contributed by atoms with E-state index in [0.717, 1.165) is 11.1 Å². The van der Waals surface area contributed by atoms with Gasteiger partial charge in [0.05, 0.1) is 10.6 Å². The first-order valence-corrected chi connectivity index (χ1v) is 12.1. The maximum absolute atomic E-state index is 13.6. The molecule has 1 heterocycles. The minimum atomic E-state index is -3.85. The van der Waals surface area contributed by atoms with Crippen molar-refractivity contribution in [2.24, 2.45) is 0 Å². The predicted octanol–water partition coefficient (Wildman–Crippen LogP) is 6.81. The molecule has 0 aliphatic carbocycles. The van der Waals surface area contributed by atoms with Crippen LogP contribution in [0.4, 0.5) is 5.82 Å². The van der Waals surface area contributed by atoms with Crippen LogP contribution in [0.3, 0.4) is 0 Å². The van der Waals surface area contributed by atoms with Gasteiger partial charge in [0.2, 0.25) is 9.84 Å². The van der Waals surface area contributed by atoms with Gasteiger partial charge in [-0.1, -0.05) is 71.7 Å². The number of hydrogen-bond acceptors (Lipinski definition) is 4. The number of rotatable bonds is 6. The standard InChI is InChI=1S/C25H20Cl2N2O2S/c1-17-15-23(18-7-3-2-4-8-18)29-25(28-16-19-9-5-6-10-22(19)27)24(17)32(30,31)21-13-11-20(26)12-14-21/h2-15H,16H2,1H3,(H,28,29). The normalized spacial score (nSPS) is 11.3. The van der Waals surface area contributed by atoms with Crippen LogP contribution in [0.2, 0.25) is 10.0 Å². The summed E-state index contributed by atoms with van der Waals surface area (Å²) >= 11 is 12.3. The van der Waals surface area contributed by atoms with E-state index in [-0.39, 0.29) is 15.6 Å². The molecule has 0 spiro atoms. The lowest BCUT2D eigenvalue weighted by molar-refractivity contribution is 0.595. The summed E-state index contributed by atoms with van der Waals surface area (Å²) in [5.74, 6) is 0.277. The number of nitrogens with zero attached hydrogens (tertiary/aromatic N) is 1. The maximum Gasteiger partial charge on any atom is 0.210 e. The first-order chi connectivity index (χ1) is 15.4. The number of sulfone groups is 1. The van der Waals surface area contributed by atoms with Gasteiger partial charge in [-0.15, -0.1) is 0 Å². The van der Waals surface area contributed by atoms with Gasteiger partial charge in [0, 0.05) is 22.2 Å². The van der Waals surface area contributed by atoms with Crippen LogP contribution in [0.15, 0.2) is 94.7 Å². The Labute approximate surface area is 197 Å². The molecule has 32 heavy (non-hydrogen) atoms. The molecule has 4 aromatic rings. The summed E-state index contributed by atoms with van der Waals surface area (Å²) < 4.78 is 27.1. The van der Waals surface area contributed by atoms with Crippen LogP contribution in [0.1, 0.15) is 11.1 Å². The monoisotopic (exact) mass is 482 g/mol. The van der Waals surface area contributed by atoms with E-state index in [1.165, 1.54) is 12.1 Å². The zero-order valence-corrected chi connectivity index (χ0v) is 19.5. The first kappa shape index (κ1) is 22.3. The largest absolute Gasteiger partial charge is 0.365 e. The number of nitrogens with one attached hydrogen (secondary N) is 1. The minimum Gasteiger partial charge on any atom is -0.365 e. The van der Waals surface area contributed by atoms with Gasteiger partial charge >= 0.3 is 0 Å². The van der Waals surface area contributed by atoms with E-state index < -0.39 is 9.84 Å². The summed E-state index contributed by atoms with van der Waals surface area (Å²) in [4.78, 5) is 4.98. The summed E-state index contributed by atoms with van der Waals surface area (Å²) in [5, 5.41) is 4.27. The number of pyridine rings is 1. The van der Waals surface area contributed by atoms with E-state index >= 15 is 0 Å². The number of anilines is 1. The van der Waals surface area contributed by atoms with Crippen LogP contribution in [0, 0.1) is 6.92 Å². The van der Waals surface area contributed by atoms with Crippen molar-refractivity contribution < 1.29 is 8.42 Å². The zero-order valence-electron chi connectivity index (χ0n) is 17.2. The Bertz CT molecular complexity index is 1360. The molecule has 1 aromatic heterocycles. The molecule has 0 saturated heterocycles. The van der Waals surface area contributed by atoms with Gasteiger partial charge in [-0.25, -0.2) is 13.4 Å². The Morgan fingerprint density at radius 3 is 2.22 bits per heavy atom. The summed E-state index contributed by atoms with van der Waals surface area (Å²) in [6.07, 6.45) is 0. The third kappa shape index (κ3) is 4.65. The fourth-order valence-corrected chi connectivity index (χ4v) is 5.34. The van der Waals surface area contributed by atoms with E-state index in [9.17, 15) is 8.42 Å². The summed E-state index contributed by atoms with van der Waals surface area (Å²) in [6, 6.07) is 25.0. The highest BCUT2D eigenvalue weighted by Gasteiger charge is 2.26. The van der Waals surface area contributed by atoms with Gasteiger partial charge in [-0.2, -0.15) is 0 Å². The number of aromatic nitrogens is 1. The highest BCUT2D eigenvalue weighted by atomic mass is 35.5. The highest BCUT2D eigenvalue weighted by molar-refractivity contribution is 7.91. The molecule has 0 bridgehead atoms. The predicted molar refractivity (Wildman–Crippen MR) is 130 cm³/mol. The molecule has 0 saturated carbocycles. The molecule has 3 aromatic carbocycles. The molecule has 0 atom stereocenters. The van der Waals surface area contributed by atoms with Gasteiger partial charge < -0.3 is 5.32 Å². The van der Waals surface area contributed by atoms with Gasteiger partial charge in [-0.05, 0) is 54.4 Å². The lowest BCUT2D eigenvalue weighted by Crippen LogP contribution is -2.12. The summed E-state index contributed by atoms with van der Waals surface area (Å²) in [7, 11) is -3.85. The van der Waals surface area contributed by atoms with Gasteiger partial charge in [0.1, 0.15) is 10.7 Å². The Morgan fingerprint density at radius 2 is 1.53 bits per heavy atom. The quantitative estimate of drug-likeness (QED) is 0.327. The van der Waals surface area contributed by atoms with Crippen molar-refractivity contribution >= 4 is 38.9 Å². The Balaban J connectivity index is 1.84. The lowest BCUT2D eigenvalue weighted by atomic mass is 10.1. The second kappa shape index (κ2) is 9.33. The number of benzene rings is 3. The van der Waals surface area contributed by atoms with E-state index in [4.69, 9.17) is 28.2 Å². The van der Waals surface area contributed by atoms with Crippen molar-refractivity contribution in [3.8, 4) is 11.3 Å². The van der Waals surface area contributed by atoms with Crippen LogP contribution < -0.4 is 5.32 Å². The van der Waals surface area contributed by atoms with Crippen molar-refractivity contribution in [3.05, 3.63) is 106 Å². The molecule has 162 valence electrons. The number of halogens is 2.